The standard InChI is InChI=1S/C17H15N3O.ClH/c18-16(19)20-15(21)10-5-6-12-11-3-1-2-4-13(11)17(7-8-17)14(12)9-10;/h1-6,9H,7-8H2,(H4,18,19,20,21);1H. The molecule has 1 fully saturated rings. The Balaban J connectivity index is 0.00000144. The van der Waals surface area contributed by atoms with Crippen LogP contribution < -0.4 is 11.5 Å². The molecule has 0 saturated heterocycles. The minimum Gasteiger partial charge on any atom is -0.370 e. The Labute approximate surface area is 134 Å². The zero-order valence-electron chi connectivity index (χ0n) is 11.9. The molecule has 0 unspecified atom stereocenters. The molecule has 2 aromatic carbocycles. The lowest BCUT2D eigenvalue weighted by atomic mass is 9.92. The number of aliphatic imine (C=N–C) groups is 1. The summed E-state index contributed by atoms with van der Waals surface area (Å²) in [6.45, 7) is 0. The van der Waals surface area contributed by atoms with Crippen molar-refractivity contribution in [1.29, 1.82) is 0 Å². The van der Waals surface area contributed by atoms with E-state index in [2.05, 4.69) is 29.3 Å². The second-order valence-electron chi connectivity index (χ2n) is 5.73. The van der Waals surface area contributed by atoms with Gasteiger partial charge in [-0.3, -0.25) is 4.79 Å². The van der Waals surface area contributed by atoms with Gasteiger partial charge in [-0.05, 0) is 47.2 Å². The highest BCUT2D eigenvalue weighted by atomic mass is 35.5. The monoisotopic (exact) mass is 313 g/mol. The average Bonchev–Trinajstić information content (AvgIpc) is 3.22. The lowest BCUT2D eigenvalue weighted by molar-refractivity contribution is 0.100. The maximum atomic E-state index is 12.0. The molecule has 0 bridgehead atoms. The third-order valence-corrected chi connectivity index (χ3v) is 4.50. The van der Waals surface area contributed by atoms with Gasteiger partial charge in [-0.25, -0.2) is 0 Å². The number of fused-ring (bicyclic) bond motifs is 5. The fourth-order valence-corrected chi connectivity index (χ4v) is 3.43. The number of halogens is 1. The molecule has 4 nitrogen and oxygen atoms in total. The number of guanidine groups is 1. The Hall–Kier alpha value is -2.33. The van der Waals surface area contributed by atoms with Crippen LogP contribution in [-0.2, 0) is 5.41 Å². The van der Waals surface area contributed by atoms with Crippen LogP contribution in [0.3, 0.4) is 0 Å². The SMILES string of the molecule is Cl.NC(N)=NC(=O)c1ccc2c(c1)C1(CC1)c1ccccc1-2. The van der Waals surface area contributed by atoms with Crippen LogP contribution in [-0.4, -0.2) is 11.9 Å². The van der Waals surface area contributed by atoms with E-state index in [9.17, 15) is 4.79 Å². The Morgan fingerprint density at radius 3 is 2.36 bits per heavy atom. The van der Waals surface area contributed by atoms with Crippen LogP contribution in [0.15, 0.2) is 47.5 Å². The molecular formula is C17H16ClN3O. The second-order valence-corrected chi connectivity index (χ2v) is 5.73. The van der Waals surface area contributed by atoms with E-state index in [0.29, 0.717) is 5.56 Å². The van der Waals surface area contributed by atoms with E-state index in [1.165, 1.54) is 22.3 Å². The third-order valence-electron chi connectivity index (χ3n) is 4.50. The molecule has 0 aliphatic heterocycles. The predicted octanol–water partition coefficient (Wildman–Crippen LogP) is 2.58. The Morgan fingerprint density at radius 2 is 1.68 bits per heavy atom. The largest absolute Gasteiger partial charge is 0.370 e. The molecule has 22 heavy (non-hydrogen) atoms. The van der Waals surface area contributed by atoms with Crippen molar-refractivity contribution >= 4 is 24.3 Å². The van der Waals surface area contributed by atoms with Crippen molar-refractivity contribution in [3.05, 3.63) is 59.2 Å². The molecule has 2 aliphatic rings. The number of amides is 1. The van der Waals surface area contributed by atoms with E-state index in [1.807, 2.05) is 12.1 Å². The van der Waals surface area contributed by atoms with Gasteiger partial charge in [0.1, 0.15) is 0 Å². The van der Waals surface area contributed by atoms with Gasteiger partial charge in [-0.2, -0.15) is 4.99 Å². The highest BCUT2D eigenvalue weighted by molar-refractivity contribution is 6.02. The van der Waals surface area contributed by atoms with Gasteiger partial charge in [0.15, 0.2) is 5.96 Å². The number of hydrogen-bond donors (Lipinski definition) is 2. The van der Waals surface area contributed by atoms with Gasteiger partial charge in [0.25, 0.3) is 5.91 Å². The third kappa shape index (κ3) is 1.91. The van der Waals surface area contributed by atoms with Gasteiger partial charge in [-0.15, -0.1) is 12.4 Å². The topological polar surface area (TPSA) is 81.5 Å². The maximum Gasteiger partial charge on any atom is 0.280 e. The van der Waals surface area contributed by atoms with E-state index in [-0.39, 0.29) is 29.7 Å². The van der Waals surface area contributed by atoms with Crippen LogP contribution in [0.1, 0.15) is 34.3 Å². The molecule has 2 aromatic rings. The van der Waals surface area contributed by atoms with Crippen molar-refractivity contribution in [2.45, 2.75) is 18.3 Å². The van der Waals surface area contributed by atoms with Crippen molar-refractivity contribution in [3.63, 3.8) is 0 Å². The molecule has 1 spiro atoms. The Kier molecular flexibility index (Phi) is 3.22. The maximum absolute atomic E-state index is 12.0. The summed E-state index contributed by atoms with van der Waals surface area (Å²) in [6.07, 6.45) is 2.27. The number of carbonyl (C=O) groups is 1. The summed E-state index contributed by atoms with van der Waals surface area (Å²) in [6, 6.07) is 14.2. The number of nitrogens with two attached hydrogens (primary N) is 2. The predicted molar refractivity (Wildman–Crippen MR) is 89.3 cm³/mol. The average molecular weight is 314 g/mol. The zero-order valence-corrected chi connectivity index (χ0v) is 12.7. The molecule has 1 saturated carbocycles. The summed E-state index contributed by atoms with van der Waals surface area (Å²) >= 11 is 0. The lowest BCUT2D eigenvalue weighted by Crippen LogP contribution is -2.24. The molecule has 4 N–H and O–H groups in total. The summed E-state index contributed by atoms with van der Waals surface area (Å²) in [5.74, 6) is -0.588. The van der Waals surface area contributed by atoms with Crippen LogP contribution >= 0.6 is 12.4 Å². The van der Waals surface area contributed by atoms with Crippen LogP contribution in [0.25, 0.3) is 11.1 Å². The summed E-state index contributed by atoms with van der Waals surface area (Å²) in [5.41, 5.74) is 16.4. The summed E-state index contributed by atoms with van der Waals surface area (Å²) < 4.78 is 0. The van der Waals surface area contributed by atoms with Crippen LogP contribution in [0, 0.1) is 0 Å². The fourth-order valence-electron chi connectivity index (χ4n) is 3.43. The molecule has 112 valence electrons. The van der Waals surface area contributed by atoms with Gasteiger partial charge in [0.05, 0.1) is 0 Å². The summed E-state index contributed by atoms with van der Waals surface area (Å²) in [5, 5.41) is 0. The number of rotatable bonds is 1. The van der Waals surface area contributed by atoms with Crippen molar-refractivity contribution < 1.29 is 4.79 Å². The zero-order chi connectivity index (χ0) is 14.6. The number of benzene rings is 2. The minimum atomic E-state index is -0.385. The molecule has 0 radical (unpaired) electrons. The minimum absolute atomic E-state index is 0. The first-order valence-electron chi connectivity index (χ1n) is 7.00. The number of carbonyl (C=O) groups excluding carboxylic acids is 1. The van der Waals surface area contributed by atoms with E-state index >= 15 is 0 Å². The van der Waals surface area contributed by atoms with Crippen LogP contribution in [0.2, 0.25) is 0 Å². The van der Waals surface area contributed by atoms with Gasteiger partial charge in [-0.1, -0.05) is 30.3 Å². The first kappa shape index (κ1) is 14.6. The Morgan fingerprint density at radius 1 is 1.00 bits per heavy atom. The summed E-state index contributed by atoms with van der Waals surface area (Å²) in [7, 11) is 0. The van der Waals surface area contributed by atoms with Crippen molar-refractivity contribution in [3.8, 4) is 11.1 Å². The van der Waals surface area contributed by atoms with Gasteiger partial charge in [0, 0.05) is 11.0 Å². The molecule has 1 amide bonds. The molecule has 0 heterocycles. The van der Waals surface area contributed by atoms with Gasteiger partial charge in [0.2, 0.25) is 0 Å². The van der Waals surface area contributed by atoms with Crippen LogP contribution in [0.4, 0.5) is 0 Å². The number of hydrogen-bond acceptors (Lipinski definition) is 1. The molecule has 0 atom stereocenters. The van der Waals surface area contributed by atoms with E-state index in [1.54, 1.807) is 6.07 Å². The first-order valence-corrected chi connectivity index (χ1v) is 7.00. The first-order chi connectivity index (χ1) is 10.1. The second kappa shape index (κ2) is 4.85. The van der Waals surface area contributed by atoms with Gasteiger partial charge < -0.3 is 11.5 Å². The molecular weight excluding hydrogens is 298 g/mol. The summed E-state index contributed by atoms with van der Waals surface area (Å²) in [4.78, 5) is 15.6. The van der Waals surface area contributed by atoms with E-state index < -0.39 is 0 Å². The van der Waals surface area contributed by atoms with Crippen LogP contribution in [0.5, 0.6) is 0 Å². The highest BCUT2D eigenvalue weighted by Crippen LogP contribution is 2.62. The quantitative estimate of drug-likeness (QED) is 0.627. The molecule has 4 rings (SSSR count). The number of nitrogens with zero attached hydrogens (tertiary/aromatic N) is 1. The van der Waals surface area contributed by atoms with Crippen molar-refractivity contribution in [2.24, 2.45) is 16.5 Å². The van der Waals surface area contributed by atoms with E-state index in [4.69, 9.17) is 11.5 Å². The molecule has 5 heteroatoms. The molecule has 2 aliphatic carbocycles. The van der Waals surface area contributed by atoms with E-state index in [0.717, 1.165) is 12.8 Å². The fraction of sp³-hybridized carbons (Fsp3) is 0.176. The smallest absolute Gasteiger partial charge is 0.280 e. The normalized spacial score (nSPS) is 15.5. The Bertz CT molecular complexity index is 805. The van der Waals surface area contributed by atoms with Crippen molar-refractivity contribution in [2.75, 3.05) is 0 Å². The lowest BCUT2D eigenvalue weighted by Gasteiger charge is -2.10. The molecule has 0 aromatic heterocycles. The highest BCUT2D eigenvalue weighted by Gasteiger charge is 2.52. The van der Waals surface area contributed by atoms with Gasteiger partial charge >= 0.3 is 0 Å². The van der Waals surface area contributed by atoms with Crippen molar-refractivity contribution in [1.82, 2.24) is 0 Å².